The molecule has 0 spiro atoms. The predicted octanol–water partition coefficient (Wildman–Crippen LogP) is 4.15. The van der Waals surface area contributed by atoms with Gasteiger partial charge in [0, 0.05) is 16.1 Å². The number of methoxy groups -OCH3 is 1. The highest BCUT2D eigenvalue weighted by atomic mass is 79.9. The Balaban J connectivity index is 2.27. The van der Waals surface area contributed by atoms with E-state index in [2.05, 4.69) is 15.9 Å². The molecule has 0 amide bonds. The quantitative estimate of drug-likeness (QED) is 0.909. The molecule has 0 saturated heterocycles. The molecule has 0 fully saturated rings. The van der Waals surface area contributed by atoms with Crippen molar-refractivity contribution in [3.63, 3.8) is 0 Å². The normalized spacial score (nSPS) is 12.2. The maximum absolute atomic E-state index is 13.4. The maximum atomic E-state index is 13.4. The van der Waals surface area contributed by atoms with E-state index in [0.717, 1.165) is 26.9 Å². The van der Waals surface area contributed by atoms with Gasteiger partial charge in [0.15, 0.2) is 0 Å². The van der Waals surface area contributed by atoms with Crippen LogP contribution in [0, 0.1) is 12.7 Å². The summed E-state index contributed by atoms with van der Waals surface area (Å²) in [4.78, 5) is 0. The van der Waals surface area contributed by atoms with Gasteiger partial charge >= 0.3 is 0 Å². The molecule has 0 saturated carbocycles. The zero-order valence-corrected chi connectivity index (χ0v) is 13.1. The molecule has 0 aliphatic rings. The Hall–Kier alpha value is -1.39. The third-order valence-electron chi connectivity index (χ3n) is 3.16. The first-order valence-corrected chi connectivity index (χ1v) is 7.14. The average Bonchev–Trinajstić information content (AvgIpc) is 2.37. The van der Waals surface area contributed by atoms with Crippen molar-refractivity contribution in [2.45, 2.75) is 19.4 Å². The first-order chi connectivity index (χ1) is 9.49. The topological polar surface area (TPSA) is 35.2 Å². The van der Waals surface area contributed by atoms with E-state index in [-0.39, 0.29) is 11.9 Å². The molecule has 0 aromatic heterocycles. The lowest BCUT2D eigenvalue weighted by Gasteiger charge is -2.17. The van der Waals surface area contributed by atoms with E-state index >= 15 is 0 Å². The second kappa shape index (κ2) is 6.37. The number of rotatable bonds is 4. The predicted molar refractivity (Wildman–Crippen MR) is 82.5 cm³/mol. The van der Waals surface area contributed by atoms with Gasteiger partial charge in [0.05, 0.1) is 7.11 Å². The molecule has 2 aromatic rings. The molecule has 20 heavy (non-hydrogen) atoms. The van der Waals surface area contributed by atoms with Crippen LogP contribution < -0.4 is 10.5 Å². The third-order valence-corrected chi connectivity index (χ3v) is 3.62. The number of ether oxygens (including phenoxy) is 1. The summed E-state index contributed by atoms with van der Waals surface area (Å²) in [5.74, 6) is 0.497. The van der Waals surface area contributed by atoms with Crippen LogP contribution >= 0.6 is 15.9 Å². The van der Waals surface area contributed by atoms with Crippen molar-refractivity contribution in [1.82, 2.24) is 0 Å². The second-order valence-corrected chi connectivity index (χ2v) is 5.75. The van der Waals surface area contributed by atoms with E-state index in [4.69, 9.17) is 10.5 Å². The molecule has 0 radical (unpaired) electrons. The molecule has 4 heteroatoms. The van der Waals surface area contributed by atoms with Gasteiger partial charge in [-0.2, -0.15) is 0 Å². The minimum atomic E-state index is -0.266. The molecule has 0 aliphatic carbocycles. The van der Waals surface area contributed by atoms with Gasteiger partial charge in [-0.3, -0.25) is 0 Å². The fraction of sp³-hybridized carbons (Fsp3) is 0.250. The largest absolute Gasteiger partial charge is 0.496 e. The highest BCUT2D eigenvalue weighted by molar-refractivity contribution is 9.10. The van der Waals surface area contributed by atoms with Crippen molar-refractivity contribution in [1.29, 1.82) is 0 Å². The van der Waals surface area contributed by atoms with Crippen LogP contribution in [-0.4, -0.2) is 7.11 Å². The Morgan fingerprint density at radius 1 is 1.25 bits per heavy atom. The molecule has 1 unspecified atom stereocenters. The minimum absolute atomic E-state index is 0.237. The number of hydrogen-bond acceptors (Lipinski definition) is 2. The van der Waals surface area contributed by atoms with E-state index in [9.17, 15) is 4.39 Å². The summed E-state index contributed by atoms with van der Waals surface area (Å²) in [5, 5.41) is 0. The summed E-state index contributed by atoms with van der Waals surface area (Å²) in [7, 11) is 1.62. The lowest BCUT2D eigenvalue weighted by atomic mass is 9.97. The van der Waals surface area contributed by atoms with Gasteiger partial charge in [0.1, 0.15) is 11.6 Å². The molecule has 0 bridgehead atoms. The number of nitrogens with two attached hydrogens (primary N) is 1. The van der Waals surface area contributed by atoms with E-state index in [1.165, 1.54) is 12.1 Å². The van der Waals surface area contributed by atoms with Gasteiger partial charge in [-0.1, -0.05) is 33.6 Å². The Kier molecular flexibility index (Phi) is 4.78. The number of aryl methyl sites for hydroxylation is 1. The summed E-state index contributed by atoms with van der Waals surface area (Å²) in [5.41, 5.74) is 9.17. The van der Waals surface area contributed by atoms with Gasteiger partial charge in [-0.25, -0.2) is 4.39 Å². The van der Waals surface area contributed by atoms with Gasteiger partial charge in [0.25, 0.3) is 0 Å². The first kappa shape index (κ1) is 15.0. The second-order valence-electron chi connectivity index (χ2n) is 4.83. The number of halogens is 2. The molecule has 2 nitrogen and oxygen atoms in total. The molecular weight excluding hydrogens is 321 g/mol. The highest BCUT2D eigenvalue weighted by Crippen LogP contribution is 2.28. The summed E-state index contributed by atoms with van der Waals surface area (Å²) in [6, 6.07) is 10.5. The summed E-state index contributed by atoms with van der Waals surface area (Å²) in [6.45, 7) is 2.01. The van der Waals surface area contributed by atoms with Crippen molar-refractivity contribution in [3.05, 3.63) is 63.4 Å². The fourth-order valence-corrected chi connectivity index (χ4v) is 2.75. The summed E-state index contributed by atoms with van der Waals surface area (Å²) < 4.78 is 19.5. The van der Waals surface area contributed by atoms with Gasteiger partial charge < -0.3 is 10.5 Å². The Labute approximate surface area is 126 Å². The van der Waals surface area contributed by atoms with Crippen LogP contribution in [0.2, 0.25) is 0 Å². The number of hydrogen-bond donors (Lipinski definition) is 1. The van der Waals surface area contributed by atoms with Crippen LogP contribution in [0.5, 0.6) is 5.75 Å². The highest BCUT2D eigenvalue weighted by Gasteiger charge is 2.13. The molecule has 2 aromatic carbocycles. The lowest BCUT2D eigenvalue weighted by molar-refractivity contribution is 0.405. The molecule has 106 valence electrons. The van der Waals surface area contributed by atoms with E-state index in [0.29, 0.717) is 6.42 Å². The van der Waals surface area contributed by atoms with Crippen LogP contribution in [0.4, 0.5) is 4.39 Å². The molecule has 1 atom stereocenters. The van der Waals surface area contributed by atoms with Gasteiger partial charge in [-0.05, 0) is 43.2 Å². The zero-order valence-electron chi connectivity index (χ0n) is 11.5. The number of benzene rings is 2. The summed E-state index contributed by atoms with van der Waals surface area (Å²) >= 11 is 3.29. The molecule has 0 heterocycles. The van der Waals surface area contributed by atoms with Crippen molar-refractivity contribution >= 4 is 15.9 Å². The van der Waals surface area contributed by atoms with Gasteiger partial charge in [0.2, 0.25) is 0 Å². The maximum Gasteiger partial charge on any atom is 0.124 e. The Morgan fingerprint density at radius 3 is 2.65 bits per heavy atom. The first-order valence-electron chi connectivity index (χ1n) is 6.34. The van der Waals surface area contributed by atoms with Crippen molar-refractivity contribution in [3.8, 4) is 5.75 Å². The summed E-state index contributed by atoms with van der Waals surface area (Å²) in [6.07, 6.45) is 0.552. The SMILES string of the molecule is COc1ccc(C)cc1C(N)Cc1cc(F)cc(Br)c1. The van der Waals surface area contributed by atoms with E-state index in [1.54, 1.807) is 7.11 Å². The standard InChI is InChI=1S/C16H17BrFNO/c1-10-3-4-16(20-2)14(5-10)15(19)8-11-6-12(17)9-13(18)7-11/h3-7,9,15H,8,19H2,1-2H3. The lowest BCUT2D eigenvalue weighted by Crippen LogP contribution is -2.15. The molecular formula is C16H17BrFNO. The molecule has 0 aliphatic heterocycles. The van der Waals surface area contributed by atoms with E-state index in [1.807, 2.05) is 31.2 Å². The van der Waals surface area contributed by atoms with Crippen LogP contribution in [0.15, 0.2) is 40.9 Å². The van der Waals surface area contributed by atoms with Crippen LogP contribution in [-0.2, 0) is 6.42 Å². The van der Waals surface area contributed by atoms with E-state index < -0.39 is 0 Å². The molecule has 2 rings (SSSR count). The van der Waals surface area contributed by atoms with Crippen LogP contribution in [0.3, 0.4) is 0 Å². The van der Waals surface area contributed by atoms with Crippen LogP contribution in [0.1, 0.15) is 22.7 Å². The van der Waals surface area contributed by atoms with Gasteiger partial charge in [-0.15, -0.1) is 0 Å². The Bertz CT molecular complexity index is 595. The fourth-order valence-electron chi connectivity index (χ4n) is 2.24. The Morgan fingerprint density at radius 2 is 2.00 bits per heavy atom. The third kappa shape index (κ3) is 3.58. The van der Waals surface area contributed by atoms with Crippen molar-refractivity contribution < 1.29 is 9.13 Å². The van der Waals surface area contributed by atoms with Crippen molar-refractivity contribution in [2.24, 2.45) is 5.73 Å². The minimum Gasteiger partial charge on any atom is -0.496 e. The molecule has 2 N–H and O–H groups in total. The smallest absolute Gasteiger partial charge is 0.124 e. The monoisotopic (exact) mass is 337 g/mol. The van der Waals surface area contributed by atoms with Crippen LogP contribution in [0.25, 0.3) is 0 Å². The average molecular weight is 338 g/mol. The van der Waals surface area contributed by atoms with Crippen molar-refractivity contribution in [2.75, 3.05) is 7.11 Å². The zero-order chi connectivity index (χ0) is 14.7.